The van der Waals surface area contributed by atoms with Crippen molar-refractivity contribution in [2.24, 2.45) is 5.10 Å². The summed E-state index contributed by atoms with van der Waals surface area (Å²) < 4.78 is 27.0. The molecular weight excluding hydrogens is 386 g/mol. The lowest BCUT2D eigenvalue weighted by Gasteiger charge is -2.25. The molecule has 1 amide bonds. The number of amides is 1. The predicted molar refractivity (Wildman–Crippen MR) is 106 cm³/mol. The number of nitrogens with zero attached hydrogens (tertiary/aromatic N) is 2. The average Bonchev–Trinajstić information content (AvgIpc) is 2.69. The van der Waals surface area contributed by atoms with E-state index in [1.807, 2.05) is 0 Å². The van der Waals surface area contributed by atoms with E-state index in [0.29, 0.717) is 18.1 Å². The quantitative estimate of drug-likeness (QED) is 0.612. The lowest BCUT2D eigenvalue weighted by molar-refractivity contribution is 0.0955. The zero-order valence-corrected chi connectivity index (χ0v) is 16.2. The minimum atomic E-state index is -3.59. The van der Waals surface area contributed by atoms with Crippen molar-refractivity contribution in [1.82, 2.24) is 9.73 Å². The highest BCUT2D eigenvalue weighted by molar-refractivity contribution is 7.89. The Hall–Kier alpha value is -2.22. The van der Waals surface area contributed by atoms with Gasteiger partial charge in [-0.05, 0) is 48.7 Å². The fourth-order valence-electron chi connectivity index (χ4n) is 2.87. The molecule has 3 rings (SSSR count). The first-order valence-electron chi connectivity index (χ1n) is 8.66. The largest absolute Gasteiger partial charge is 0.271 e. The number of halogens is 1. The zero-order chi connectivity index (χ0) is 19.3. The maximum atomic E-state index is 12.7. The molecule has 6 nitrogen and oxygen atoms in total. The van der Waals surface area contributed by atoms with E-state index in [1.54, 1.807) is 36.4 Å². The van der Waals surface area contributed by atoms with Crippen LogP contribution in [0.3, 0.4) is 0 Å². The topological polar surface area (TPSA) is 78.8 Å². The van der Waals surface area contributed by atoms with Gasteiger partial charge in [-0.25, -0.2) is 13.8 Å². The molecule has 0 aliphatic carbocycles. The fourth-order valence-corrected chi connectivity index (χ4v) is 4.63. The van der Waals surface area contributed by atoms with Crippen molar-refractivity contribution in [1.29, 1.82) is 0 Å². The van der Waals surface area contributed by atoms with Crippen LogP contribution in [-0.2, 0) is 10.0 Å². The second-order valence-corrected chi connectivity index (χ2v) is 8.62. The molecule has 2 aromatic rings. The number of carbonyl (C=O) groups excluding carboxylic acids is 1. The highest BCUT2D eigenvalue weighted by atomic mass is 35.5. The molecule has 1 aliphatic rings. The molecule has 1 heterocycles. The molecule has 0 unspecified atom stereocenters. The summed E-state index contributed by atoms with van der Waals surface area (Å²) >= 11 is 5.90. The van der Waals surface area contributed by atoms with Gasteiger partial charge in [-0.2, -0.15) is 9.41 Å². The number of hydrazone groups is 1. The molecule has 0 bridgehead atoms. The van der Waals surface area contributed by atoms with E-state index >= 15 is 0 Å². The fraction of sp³-hybridized carbons (Fsp3) is 0.263. The van der Waals surface area contributed by atoms with Crippen LogP contribution >= 0.6 is 11.6 Å². The van der Waals surface area contributed by atoms with E-state index in [1.165, 1.54) is 22.7 Å². The number of nitrogens with one attached hydrogen (secondary N) is 1. The highest BCUT2D eigenvalue weighted by Gasteiger charge is 2.26. The normalized spacial score (nSPS) is 15.7. The maximum Gasteiger partial charge on any atom is 0.271 e. The van der Waals surface area contributed by atoms with Crippen LogP contribution in [-0.4, -0.2) is 37.9 Å². The van der Waals surface area contributed by atoms with E-state index < -0.39 is 15.9 Å². The summed E-state index contributed by atoms with van der Waals surface area (Å²) in [6.45, 7) is 1.03. The molecule has 27 heavy (non-hydrogen) atoms. The Kier molecular flexibility index (Phi) is 6.26. The Balaban J connectivity index is 1.72. The molecule has 1 N–H and O–H groups in total. The number of carbonyl (C=O) groups is 1. The predicted octanol–water partition coefficient (Wildman–Crippen LogP) is 3.28. The first-order chi connectivity index (χ1) is 13.0. The molecular formula is C19H20ClN3O3S. The highest BCUT2D eigenvalue weighted by Crippen LogP contribution is 2.21. The molecule has 2 aromatic carbocycles. The number of benzene rings is 2. The molecule has 0 aromatic heterocycles. The van der Waals surface area contributed by atoms with Crippen LogP contribution in [0.2, 0.25) is 5.02 Å². The van der Waals surface area contributed by atoms with Crippen LogP contribution in [0, 0.1) is 0 Å². The molecule has 0 spiro atoms. The third-order valence-corrected chi connectivity index (χ3v) is 6.41. The monoisotopic (exact) mass is 405 g/mol. The molecule has 142 valence electrons. The van der Waals surface area contributed by atoms with Crippen LogP contribution in [0.5, 0.6) is 0 Å². The Labute approximate surface area is 163 Å². The number of sulfonamides is 1. The first kappa shape index (κ1) is 19.5. The summed E-state index contributed by atoms with van der Waals surface area (Å²) in [5.74, 6) is -0.482. The van der Waals surface area contributed by atoms with Crippen LogP contribution in [0.15, 0.2) is 58.5 Å². The van der Waals surface area contributed by atoms with Gasteiger partial charge in [0, 0.05) is 23.7 Å². The van der Waals surface area contributed by atoms with Gasteiger partial charge < -0.3 is 0 Å². The minimum absolute atomic E-state index is 0.121. The standard InChI is InChI=1S/C19H20ClN3O3S/c20-17-8-4-6-15(12-17)14-21-22-19(24)16-7-5-9-18(13-16)27(25,26)23-10-2-1-3-11-23/h4-9,12-14H,1-3,10-11H2,(H,22,24)/b21-14-. The van der Waals surface area contributed by atoms with Crippen molar-refractivity contribution in [3.63, 3.8) is 0 Å². The van der Waals surface area contributed by atoms with Gasteiger partial charge in [0.2, 0.25) is 10.0 Å². The lowest BCUT2D eigenvalue weighted by atomic mass is 10.2. The van der Waals surface area contributed by atoms with Gasteiger partial charge in [0.25, 0.3) is 5.91 Å². The van der Waals surface area contributed by atoms with Gasteiger partial charge in [-0.1, -0.05) is 36.2 Å². The van der Waals surface area contributed by atoms with E-state index in [9.17, 15) is 13.2 Å². The first-order valence-corrected chi connectivity index (χ1v) is 10.5. The Morgan fingerprint density at radius 3 is 2.56 bits per heavy atom. The van der Waals surface area contributed by atoms with E-state index in [4.69, 9.17) is 11.6 Å². The summed E-state index contributed by atoms with van der Waals surface area (Å²) in [6.07, 6.45) is 4.23. The van der Waals surface area contributed by atoms with E-state index in [-0.39, 0.29) is 10.5 Å². The van der Waals surface area contributed by atoms with Crippen molar-refractivity contribution in [3.05, 3.63) is 64.7 Å². The second kappa shape index (κ2) is 8.65. The number of rotatable bonds is 5. The molecule has 0 radical (unpaired) electrons. The average molecular weight is 406 g/mol. The number of hydrogen-bond acceptors (Lipinski definition) is 4. The SMILES string of the molecule is O=C(N/N=C\c1cccc(Cl)c1)c1cccc(S(=O)(=O)N2CCCCC2)c1. The van der Waals surface area contributed by atoms with Crippen molar-refractivity contribution in [2.45, 2.75) is 24.2 Å². The number of hydrogen-bond donors (Lipinski definition) is 1. The molecule has 0 saturated carbocycles. The Bertz CT molecular complexity index is 954. The zero-order valence-electron chi connectivity index (χ0n) is 14.6. The Morgan fingerprint density at radius 1 is 1.07 bits per heavy atom. The summed E-state index contributed by atoms with van der Waals surface area (Å²) in [5, 5.41) is 4.47. The lowest BCUT2D eigenvalue weighted by Crippen LogP contribution is -2.35. The smallest absolute Gasteiger partial charge is 0.267 e. The summed E-state index contributed by atoms with van der Waals surface area (Å²) in [6, 6.07) is 13.0. The van der Waals surface area contributed by atoms with Gasteiger partial charge in [0.1, 0.15) is 0 Å². The van der Waals surface area contributed by atoms with E-state index in [2.05, 4.69) is 10.5 Å². The summed E-state index contributed by atoms with van der Waals surface area (Å²) in [7, 11) is -3.59. The van der Waals surface area contributed by atoms with Gasteiger partial charge in [-0.3, -0.25) is 4.79 Å². The molecule has 1 saturated heterocycles. The molecule has 8 heteroatoms. The van der Waals surface area contributed by atoms with Crippen molar-refractivity contribution in [2.75, 3.05) is 13.1 Å². The van der Waals surface area contributed by atoms with Crippen molar-refractivity contribution >= 4 is 33.7 Å². The van der Waals surface area contributed by atoms with Crippen LogP contribution in [0.25, 0.3) is 0 Å². The number of piperidine rings is 1. The third-order valence-electron chi connectivity index (χ3n) is 4.28. The van der Waals surface area contributed by atoms with Crippen molar-refractivity contribution < 1.29 is 13.2 Å². The van der Waals surface area contributed by atoms with Crippen LogP contribution < -0.4 is 5.43 Å². The van der Waals surface area contributed by atoms with Crippen LogP contribution in [0.1, 0.15) is 35.2 Å². The third kappa shape index (κ3) is 4.94. The van der Waals surface area contributed by atoms with Gasteiger partial charge >= 0.3 is 0 Å². The van der Waals surface area contributed by atoms with Crippen molar-refractivity contribution in [3.8, 4) is 0 Å². The second-order valence-electron chi connectivity index (χ2n) is 6.25. The van der Waals surface area contributed by atoms with Gasteiger partial charge in [0.15, 0.2) is 0 Å². The summed E-state index contributed by atoms with van der Waals surface area (Å²) in [5.41, 5.74) is 3.38. The van der Waals surface area contributed by atoms with Gasteiger partial charge in [-0.15, -0.1) is 0 Å². The summed E-state index contributed by atoms with van der Waals surface area (Å²) in [4.78, 5) is 12.4. The Morgan fingerprint density at radius 2 is 1.81 bits per heavy atom. The molecule has 1 fully saturated rings. The minimum Gasteiger partial charge on any atom is -0.267 e. The van der Waals surface area contributed by atoms with E-state index in [0.717, 1.165) is 24.8 Å². The maximum absolute atomic E-state index is 12.7. The van der Waals surface area contributed by atoms with Crippen LogP contribution in [0.4, 0.5) is 0 Å². The van der Waals surface area contributed by atoms with Gasteiger partial charge in [0.05, 0.1) is 11.1 Å². The molecule has 0 atom stereocenters. The molecule has 1 aliphatic heterocycles.